The van der Waals surface area contributed by atoms with Gasteiger partial charge in [0.25, 0.3) is 5.56 Å². The van der Waals surface area contributed by atoms with Crippen LogP contribution in [-0.4, -0.2) is 74.9 Å². The summed E-state index contributed by atoms with van der Waals surface area (Å²) in [5, 5.41) is 20.0. The quantitative estimate of drug-likeness (QED) is 0.191. The zero-order valence-corrected chi connectivity index (χ0v) is 15.4. The van der Waals surface area contributed by atoms with Crippen LogP contribution in [0.3, 0.4) is 0 Å². The van der Waals surface area contributed by atoms with Crippen molar-refractivity contribution in [3.63, 3.8) is 0 Å². The molecule has 1 aromatic rings. The average molecular weight is 429 g/mol. The molecule has 5 atom stereocenters. The number of aromatic nitrogens is 2. The van der Waals surface area contributed by atoms with Crippen molar-refractivity contribution in [1.82, 2.24) is 9.55 Å². The van der Waals surface area contributed by atoms with Crippen molar-refractivity contribution in [2.75, 3.05) is 13.7 Å². The highest BCUT2D eigenvalue weighted by atomic mass is 31.3. The molecule has 1 fully saturated rings. The van der Waals surface area contributed by atoms with Gasteiger partial charge in [-0.1, -0.05) is 0 Å². The van der Waals surface area contributed by atoms with E-state index in [4.69, 9.17) is 19.3 Å². The van der Waals surface area contributed by atoms with Gasteiger partial charge in [0.15, 0.2) is 6.23 Å². The summed E-state index contributed by atoms with van der Waals surface area (Å²) in [6, 6.07) is 0. The topological polar surface area (TPSA) is 210 Å². The summed E-state index contributed by atoms with van der Waals surface area (Å²) >= 11 is 0. The molecule has 2 heterocycles. The highest BCUT2D eigenvalue weighted by molar-refractivity contribution is 7.57. The number of aliphatic hydroxyl groups is 2. The first-order chi connectivity index (χ1) is 12.0. The van der Waals surface area contributed by atoms with Crippen LogP contribution in [0.15, 0.2) is 15.8 Å². The van der Waals surface area contributed by atoms with Gasteiger partial charge in [-0.05, 0) is 0 Å². The Labute approximate surface area is 154 Å². The van der Waals surface area contributed by atoms with E-state index in [9.17, 15) is 29.3 Å². The fraction of sp³-hybridized carbons (Fsp3) is 0.600. The molecule has 0 aliphatic carbocycles. The predicted molar refractivity (Wildman–Crippen MR) is 87.8 cm³/mol. The maximum absolute atomic E-state index is 11.9. The van der Waals surface area contributed by atoms with E-state index in [0.717, 1.165) is 10.8 Å². The predicted octanol–water partition coefficient (Wildman–Crippen LogP) is -2.87. The molecule has 1 aliphatic rings. The van der Waals surface area contributed by atoms with Crippen molar-refractivity contribution < 1.29 is 47.8 Å². The number of hydrogen-bond donors (Lipinski definition) is 6. The van der Waals surface area contributed by atoms with Crippen LogP contribution in [-0.2, 0) is 18.1 Å². The standard InChI is InChI=1S/C10H16N2O12P2.B/c1-21-4-2-12(10(16)11-8(4)15)9-7(14)6(13)5(23-9)3-22-25(17)24-26(18,19)20;/h2,5-7,9,13-14,17H,3H2,1H3,(H,11,15,16)(H2,18,19,20);/t5-,6-,7-,9-,25+;/m1./s1. The van der Waals surface area contributed by atoms with Gasteiger partial charge in [0.05, 0.1) is 19.9 Å². The second kappa shape index (κ2) is 9.39. The largest absolute Gasteiger partial charge is 0.490 e. The number of hydrogen-bond acceptors (Lipinski definition) is 10. The molecule has 27 heavy (non-hydrogen) atoms. The Morgan fingerprint density at radius 2 is 1.96 bits per heavy atom. The van der Waals surface area contributed by atoms with Gasteiger partial charge in [-0.15, -0.1) is 0 Å². The van der Waals surface area contributed by atoms with E-state index >= 15 is 0 Å². The zero-order valence-electron chi connectivity index (χ0n) is 13.6. The number of nitrogens with zero attached hydrogens (tertiary/aromatic N) is 1. The molecule has 151 valence electrons. The summed E-state index contributed by atoms with van der Waals surface area (Å²) < 4.78 is 29.9. The molecule has 0 aromatic carbocycles. The summed E-state index contributed by atoms with van der Waals surface area (Å²) in [5.74, 6) is -0.247. The molecule has 0 unspecified atom stereocenters. The number of rotatable bonds is 7. The number of methoxy groups -OCH3 is 1. The summed E-state index contributed by atoms with van der Waals surface area (Å²) in [6.45, 7) is -0.619. The second-order valence-electron chi connectivity index (χ2n) is 5.02. The number of aliphatic hydroxyl groups excluding tert-OH is 2. The number of aromatic amines is 1. The number of H-pyrrole nitrogens is 1. The molecule has 0 spiro atoms. The van der Waals surface area contributed by atoms with E-state index in [2.05, 4.69) is 8.83 Å². The molecule has 1 aliphatic heterocycles. The maximum atomic E-state index is 11.9. The Kier molecular flexibility index (Phi) is 8.32. The van der Waals surface area contributed by atoms with Gasteiger partial charge in [-0.25, -0.2) is 13.7 Å². The Morgan fingerprint density at radius 3 is 2.52 bits per heavy atom. The van der Waals surface area contributed by atoms with E-state index in [1.165, 1.54) is 7.11 Å². The third kappa shape index (κ3) is 5.93. The summed E-state index contributed by atoms with van der Waals surface area (Å²) in [6.07, 6.45) is -4.93. The molecular weight excluding hydrogens is 413 g/mol. The monoisotopic (exact) mass is 429 g/mol. The third-order valence-corrected chi connectivity index (χ3v) is 5.07. The molecule has 17 heteroatoms. The summed E-state index contributed by atoms with van der Waals surface area (Å²) in [5.41, 5.74) is -1.75. The van der Waals surface area contributed by atoms with Crippen molar-refractivity contribution >= 4 is 24.8 Å². The number of ether oxygens (including phenoxy) is 2. The minimum absolute atomic E-state index is 0. The first kappa shape index (κ1) is 23.9. The summed E-state index contributed by atoms with van der Waals surface area (Å²) in [4.78, 5) is 51.6. The van der Waals surface area contributed by atoms with Gasteiger partial charge in [0.1, 0.15) is 18.3 Å². The number of nitrogens with one attached hydrogen (secondary N) is 1. The van der Waals surface area contributed by atoms with Gasteiger partial charge < -0.3 is 38.9 Å². The van der Waals surface area contributed by atoms with E-state index in [1.54, 1.807) is 0 Å². The van der Waals surface area contributed by atoms with Crippen LogP contribution in [0, 0.1) is 0 Å². The second-order valence-corrected chi connectivity index (χ2v) is 7.38. The lowest BCUT2D eigenvalue weighted by Crippen LogP contribution is -2.38. The van der Waals surface area contributed by atoms with Crippen LogP contribution in [0.25, 0.3) is 0 Å². The van der Waals surface area contributed by atoms with Crippen LogP contribution >= 0.6 is 16.4 Å². The van der Waals surface area contributed by atoms with Crippen LogP contribution < -0.4 is 16.0 Å². The minimum atomic E-state index is -4.98. The molecular formula is C10H16BN2O12P2. The van der Waals surface area contributed by atoms with Crippen molar-refractivity contribution in [3.05, 3.63) is 27.0 Å². The first-order valence-electron chi connectivity index (χ1n) is 6.81. The van der Waals surface area contributed by atoms with Gasteiger partial charge >= 0.3 is 22.1 Å². The molecule has 3 radical (unpaired) electrons. The Bertz CT molecular complexity index is 795. The van der Waals surface area contributed by atoms with Crippen LogP contribution in [0.2, 0.25) is 0 Å². The summed E-state index contributed by atoms with van der Waals surface area (Å²) in [7, 11) is -6.78. The van der Waals surface area contributed by atoms with Crippen LogP contribution in [0.4, 0.5) is 0 Å². The Balaban J connectivity index is 0.00000364. The SMILES string of the molecule is COc1cn([C@@H]2O[C@H](CO[P@](O)OP(=O)(O)O)[C@@H](O)[C@H]2O)c(=O)[nH]c1=O.[B]. The molecule has 0 bridgehead atoms. The van der Waals surface area contributed by atoms with Gasteiger partial charge in [-0.2, -0.15) is 0 Å². The molecule has 1 aromatic heterocycles. The fourth-order valence-electron chi connectivity index (χ4n) is 2.15. The lowest BCUT2D eigenvalue weighted by atomic mass is 10.1. The first-order valence-corrected chi connectivity index (χ1v) is 9.47. The van der Waals surface area contributed by atoms with E-state index < -0.39 is 58.8 Å². The van der Waals surface area contributed by atoms with Gasteiger partial charge in [0.2, 0.25) is 5.75 Å². The van der Waals surface area contributed by atoms with Crippen molar-refractivity contribution in [3.8, 4) is 5.75 Å². The van der Waals surface area contributed by atoms with E-state index in [-0.39, 0.29) is 14.2 Å². The highest BCUT2D eigenvalue weighted by Crippen LogP contribution is 2.52. The van der Waals surface area contributed by atoms with Crippen molar-refractivity contribution in [2.45, 2.75) is 24.5 Å². The zero-order chi connectivity index (χ0) is 19.6. The molecule has 1 saturated heterocycles. The Morgan fingerprint density at radius 1 is 1.33 bits per heavy atom. The van der Waals surface area contributed by atoms with Crippen LogP contribution in [0.1, 0.15) is 6.23 Å². The van der Waals surface area contributed by atoms with Gasteiger partial charge in [-0.3, -0.25) is 14.3 Å². The van der Waals surface area contributed by atoms with Crippen molar-refractivity contribution in [1.29, 1.82) is 0 Å². The molecule has 0 amide bonds. The molecule has 0 saturated carbocycles. The molecule has 6 N–H and O–H groups in total. The van der Waals surface area contributed by atoms with E-state index in [0.29, 0.717) is 0 Å². The minimum Gasteiger partial charge on any atom is -0.490 e. The average Bonchev–Trinajstić information content (AvgIpc) is 2.80. The number of phosphoric acid groups is 1. The van der Waals surface area contributed by atoms with Crippen molar-refractivity contribution in [2.24, 2.45) is 0 Å². The van der Waals surface area contributed by atoms with E-state index in [1.807, 2.05) is 4.98 Å². The van der Waals surface area contributed by atoms with Gasteiger partial charge in [0, 0.05) is 8.41 Å². The smallest absolute Gasteiger partial charge is 0.476 e. The Hall–Kier alpha value is -1.12. The normalized spacial score (nSPS) is 26.4. The highest BCUT2D eigenvalue weighted by Gasteiger charge is 2.45. The molecule has 2 rings (SSSR count). The lowest BCUT2D eigenvalue weighted by molar-refractivity contribution is -0.0528. The maximum Gasteiger partial charge on any atom is 0.476 e. The fourth-order valence-corrected chi connectivity index (χ4v) is 3.34. The van der Waals surface area contributed by atoms with Crippen LogP contribution in [0.5, 0.6) is 5.75 Å². The lowest BCUT2D eigenvalue weighted by Gasteiger charge is -2.18. The molecule has 14 nitrogen and oxygen atoms in total. The third-order valence-electron chi connectivity index (χ3n) is 3.29.